The van der Waals surface area contributed by atoms with Crippen molar-refractivity contribution in [3.8, 4) is 22.3 Å². The molecule has 4 nitrogen and oxygen atoms in total. The third kappa shape index (κ3) is 15.3. The number of anilines is 12. The number of benzene rings is 14. The van der Waals surface area contributed by atoms with Gasteiger partial charge in [-0.25, -0.2) is 0 Å². The molecule has 0 saturated carbocycles. The second kappa shape index (κ2) is 30.8. The summed E-state index contributed by atoms with van der Waals surface area (Å²) in [5.41, 5.74) is 29.8. The molecule has 0 aliphatic heterocycles. The summed E-state index contributed by atoms with van der Waals surface area (Å²) in [4.78, 5) is 10.3. The Kier molecular flexibility index (Phi) is 21.6. The lowest BCUT2D eigenvalue weighted by Gasteiger charge is -2.62. The molecule has 646 valence electrons. The molecule has 0 bridgehead atoms. The van der Waals surface area contributed by atoms with Gasteiger partial charge in [-0.3, -0.25) is 0 Å². The number of hydrogen-bond acceptors (Lipinski definition) is 4. The molecule has 0 fully saturated rings. The van der Waals surface area contributed by atoms with Gasteiger partial charge >= 0.3 is 0 Å². The van der Waals surface area contributed by atoms with Crippen LogP contribution < -0.4 is 19.6 Å². The fourth-order valence-electron chi connectivity index (χ4n) is 21.1. The minimum Gasteiger partial charge on any atom is -0.310 e. The lowest BCUT2D eigenvalue weighted by Crippen LogP contribution is -2.62. The van der Waals surface area contributed by atoms with Crippen LogP contribution >= 0.6 is 0 Å². The van der Waals surface area contributed by atoms with Gasteiger partial charge in [0, 0.05) is 78.5 Å². The van der Waals surface area contributed by atoms with Crippen LogP contribution in [-0.2, 0) is 54.1 Å². The predicted molar refractivity (Wildman–Crippen MR) is 548 cm³/mol. The highest BCUT2D eigenvalue weighted by atomic mass is 15.2. The van der Waals surface area contributed by atoms with Crippen molar-refractivity contribution >= 4 is 89.8 Å². The van der Waals surface area contributed by atoms with E-state index in [4.69, 9.17) is 0 Å². The van der Waals surface area contributed by atoms with Gasteiger partial charge in [-0.2, -0.15) is 0 Å². The average Bonchev–Trinajstić information content (AvgIpc) is 1.46. The number of rotatable bonds is 13. The van der Waals surface area contributed by atoms with Crippen LogP contribution in [0.5, 0.6) is 0 Å². The van der Waals surface area contributed by atoms with Gasteiger partial charge in [-0.05, 0) is 287 Å². The summed E-state index contributed by atoms with van der Waals surface area (Å²) in [5.74, 6) is 0. The summed E-state index contributed by atoms with van der Waals surface area (Å²) < 4.78 is 0. The van der Waals surface area contributed by atoms with Crippen molar-refractivity contribution in [1.29, 1.82) is 0 Å². The first-order valence-electron chi connectivity index (χ1n) is 46.3. The molecule has 0 amide bonds. The highest BCUT2D eigenvalue weighted by Crippen LogP contribution is 2.77. The Bertz CT molecular complexity index is 5780. The number of hydrogen-bond donors (Lipinski definition) is 0. The minimum atomic E-state index is -1.02. The van der Waals surface area contributed by atoms with E-state index >= 15 is 0 Å². The van der Waals surface area contributed by atoms with Gasteiger partial charge in [0.1, 0.15) is 0 Å². The van der Waals surface area contributed by atoms with E-state index < -0.39 is 21.7 Å². The maximum absolute atomic E-state index is 2.74. The highest BCUT2D eigenvalue weighted by Gasteiger charge is 2.71. The normalized spacial score (nSPS) is 15.8. The van der Waals surface area contributed by atoms with Gasteiger partial charge in [-0.15, -0.1) is 0 Å². The summed E-state index contributed by atoms with van der Waals surface area (Å²) in [7, 11) is 0. The maximum Gasteiger partial charge on any atom is 0.0543 e. The second-order valence-corrected chi connectivity index (χ2v) is 46.9. The Morgan fingerprint density at radius 2 is 0.341 bits per heavy atom. The number of nitrogens with zero attached hydrogens (tertiary/aromatic N) is 4. The molecule has 126 heavy (non-hydrogen) atoms. The molecule has 0 radical (unpaired) electrons. The molecule has 2 aliphatic rings. The standard InChI is InChI=1S/C122H138N4/c1-111(2,3)79-39-55-87(56-40-79)123(88-57-41-80(42-58-88)112(4,5)6)95-71-73-101-103(75-95)121(119(25,26)27,105-77-107(97-35-31-33-37-99(97)109(101)105)125(91-63-47-83(48-64-91)115(13,14)15)92-65-49-84(50-66-92)116(16,17)18)122(120(28,29)30)104-76-96(124(89-59-43-81(44-60-89)113(7,8)9)90-61-45-82(46-62-90)114(10,11)12)72-74-102(104)110-100-38-34-32-36-98(100)108(78-106(110)122)126(93-67-51-85(52-68-93)117(19,20)21)94-69-53-86(54-70-94)118(22,23)24/h31-78H,1-30H3. The van der Waals surface area contributed by atoms with Crippen LogP contribution in [0.15, 0.2) is 291 Å². The summed E-state index contributed by atoms with van der Waals surface area (Å²) >= 11 is 0. The second-order valence-electron chi connectivity index (χ2n) is 46.9. The van der Waals surface area contributed by atoms with Gasteiger partial charge in [0.2, 0.25) is 0 Å². The van der Waals surface area contributed by atoms with Gasteiger partial charge in [0.25, 0.3) is 0 Å². The molecular weight excluding hydrogens is 1520 g/mol. The SMILES string of the molecule is CC(C)(C)c1ccc(N(c2ccc(C(C)(C)C)cc2)c2ccc3c(c2)C(C(C)(C)C)(C2(C(C)(C)C)c4cc(N(c5ccc(C(C)(C)C)cc5)c5ccc(C(C)(C)C)cc5)ccc4-c4c2cc(N(c2ccc(C(C)(C)C)cc2)c2ccc(C(C)(C)C)cc2)c2ccccc42)c2cc(N(c4ccc(C(C)(C)C)cc4)c4ccc(C(C)(C)C)cc4)c4ccccc4c2-3)cc1. The van der Waals surface area contributed by atoms with Gasteiger partial charge in [0.05, 0.1) is 11.4 Å². The van der Waals surface area contributed by atoms with Crippen LogP contribution in [-0.4, -0.2) is 0 Å². The van der Waals surface area contributed by atoms with Crippen molar-refractivity contribution in [1.82, 2.24) is 0 Å². The highest BCUT2D eigenvalue weighted by molar-refractivity contribution is 6.14. The van der Waals surface area contributed by atoms with Crippen molar-refractivity contribution in [2.75, 3.05) is 19.6 Å². The van der Waals surface area contributed by atoms with Crippen molar-refractivity contribution in [3.05, 3.63) is 358 Å². The third-order valence-electron chi connectivity index (χ3n) is 27.9. The lowest BCUT2D eigenvalue weighted by atomic mass is 9.39. The zero-order valence-corrected chi connectivity index (χ0v) is 81.5. The Balaban J connectivity index is 1.13. The van der Waals surface area contributed by atoms with Crippen molar-refractivity contribution in [2.45, 2.75) is 262 Å². The Hall–Kier alpha value is -11.2. The molecule has 2 aliphatic carbocycles. The van der Waals surface area contributed by atoms with E-state index in [1.165, 1.54) is 111 Å². The van der Waals surface area contributed by atoms with Crippen molar-refractivity contribution in [2.24, 2.45) is 10.8 Å². The summed E-state index contributed by atoms with van der Waals surface area (Å²) in [5, 5.41) is 4.78. The van der Waals surface area contributed by atoms with Crippen LogP contribution in [0.2, 0.25) is 0 Å². The molecule has 2 atom stereocenters. The van der Waals surface area contributed by atoms with Crippen LogP contribution in [0.1, 0.15) is 274 Å². The van der Waals surface area contributed by atoms with E-state index in [1.54, 1.807) is 0 Å². The Morgan fingerprint density at radius 1 is 0.167 bits per heavy atom. The maximum atomic E-state index is 2.74. The molecule has 2 unspecified atom stereocenters. The van der Waals surface area contributed by atoms with Crippen molar-refractivity contribution < 1.29 is 0 Å². The quantitative estimate of drug-likeness (QED) is 0.114. The zero-order valence-electron chi connectivity index (χ0n) is 81.5. The van der Waals surface area contributed by atoms with Gasteiger partial charge in [-0.1, -0.05) is 365 Å². The molecule has 0 aromatic heterocycles. The molecule has 16 rings (SSSR count). The average molecular weight is 1660 g/mol. The number of fused-ring (bicyclic) bond motifs is 10. The van der Waals surface area contributed by atoms with Gasteiger partial charge < -0.3 is 19.6 Å². The van der Waals surface area contributed by atoms with E-state index in [1.807, 2.05) is 0 Å². The largest absolute Gasteiger partial charge is 0.310 e. The lowest BCUT2D eigenvalue weighted by molar-refractivity contribution is 0.0595. The van der Waals surface area contributed by atoms with Crippen LogP contribution in [0, 0.1) is 10.8 Å². The first kappa shape index (κ1) is 88.2. The van der Waals surface area contributed by atoms with Crippen LogP contribution in [0.3, 0.4) is 0 Å². The summed E-state index contributed by atoms with van der Waals surface area (Å²) in [6.45, 7) is 71.6. The third-order valence-corrected chi connectivity index (χ3v) is 27.9. The van der Waals surface area contributed by atoms with Gasteiger partial charge in [0.15, 0.2) is 0 Å². The topological polar surface area (TPSA) is 13.0 Å². The monoisotopic (exact) mass is 1660 g/mol. The summed E-state index contributed by atoms with van der Waals surface area (Å²) in [6.07, 6.45) is 0. The van der Waals surface area contributed by atoms with E-state index in [0.29, 0.717) is 0 Å². The molecule has 4 heteroatoms. The Morgan fingerprint density at radius 3 is 0.524 bits per heavy atom. The molecular formula is C122H138N4. The van der Waals surface area contributed by atoms with Crippen LogP contribution in [0.4, 0.5) is 68.2 Å². The fraction of sp³-hybridized carbons (Fsp3) is 0.344. The molecule has 0 heterocycles. The van der Waals surface area contributed by atoms with Crippen molar-refractivity contribution in [3.63, 3.8) is 0 Å². The smallest absolute Gasteiger partial charge is 0.0543 e. The van der Waals surface area contributed by atoms with E-state index in [-0.39, 0.29) is 43.3 Å². The molecule has 0 N–H and O–H groups in total. The minimum absolute atomic E-state index is 0.0673. The molecule has 0 spiro atoms. The first-order chi connectivity index (χ1) is 58.8. The Labute approximate surface area is 757 Å². The first-order valence-corrected chi connectivity index (χ1v) is 46.3. The molecule has 0 saturated heterocycles. The molecule has 14 aromatic carbocycles. The zero-order chi connectivity index (χ0) is 90.7. The molecule has 14 aromatic rings. The summed E-state index contributed by atoms with van der Waals surface area (Å²) in [6, 6.07) is 116. The van der Waals surface area contributed by atoms with E-state index in [2.05, 4.69) is 518 Å². The fourth-order valence-corrected chi connectivity index (χ4v) is 21.1. The van der Waals surface area contributed by atoms with E-state index in [9.17, 15) is 0 Å². The van der Waals surface area contributed by atoms with E-state index in [0.717, 1.165) is 68.2 Å². The van der Waals surface area contributed by atoms with Crippen LogP contribution in [0.25, 0.3) is 43.8 Å². The predicted octanol–water partition coefficient (Wildman–Crippen LogP) is 35.6.